The molecule has 0 saturated carbocycles. The highest BCUT2D eigenvalue weighted by Crippen LogP contribution is 2.09. The van der Waals surface area contributed by atoms with Gasteiger partial charge >= 0.3 is 0 Å². The van der Waals surface area contributed by atoms with Crippen molar-refractivity contribution in [2.24, 2.45) is 11.3 Å². The van der Waals surface area contributed by atoms with Gasteiger partial charge in [-0.3, -0.25) is 0 Å². The molecule has 0 radical (unpaired) electrons. The molecule has 1 N–H and O–H groups in total. The van der Waals surface area contributed by atoms with Gasteiger partial charge in [-0.25, -0.2) is 0 Å². The topological polar surface area (TPSA) is 12.0 Å². The molecule has 1 nitrogen and oxygen atoms in total. The first-order valence-electron chi connectivity index (χ1n) is 9.89. The highest BCUT2D eigenvalue weighted by atomic mass is 14.8. The average Bonchev–Trinajstić information content (AvgIpc) is 2.38. The molecule has 138 valence electrons. The van der Waals surface area contributed by atoms with Crippen LogP contribution in [0.1, 0.15) is 114 Å². The van der Waals surface area contributed by atoms with Crippen molar-refractivity contribution >= 4 is 0 Å². The second-order valence-electron chi connectivity index (χ2n) is 8.35. The summed E-state index contributed by atoms with van der Waals surface area (Å²) >= 11 is 0. The van der Waals surface area contributed by atoms with E-state index >= 15 is 0 Å². The lowest BCUT2D eigenvalue weighted by molar-refractivity contribution is 0.469. The van der Waals surface area contributed by atoms with Crippen LogP contribution in [0.4, 0.5) is 0 Å². The zero-order chi connectivity index (χ0) is 17.9. The van der Waals surface area contributed by atoms with E-state index in [1.807, 2.05) is 0 Å². The highest BCUT2D eigenvalue weighted by molar-refractivity contribution is 4.47. The second-order valence-corrected chi connectivity index (χ2v) is 8.35. The molecular formula is C21H49N. The fourth-order valence-corrected chi connectivity index (χ4v) is 1.63. The summed E-state index contributed by atoms with van der Waals surface area (Å²) in [6, 6.07) is 0. The van der Waals surface area contributed by atoms with Gasteiger partial charge in [0.15, 0.2) is 0 Å². The Morgan fingerprint density at radius 2 is 1.09 bits per heavy atom. The Bertz CT molecular complexity index is 157. The van der Waals surface area contributed by atoms with Gasteiger partial charge in [0.25, 0.3) is 0 Å². The Morgan fingerprint density at radius 1 is 0.682 bits per heavy atom. The van der Waals surface area contributed by atoms with Crippen molar-refractivity contribution in [1.82, 2.24) is 5.32 Å². The molecule has 0 aliphatic carbocycles. The summed E-state index contributed by atoms with van der Waals surface area (Å²) in [5, 5.41) is 3.28. The zero-order valence-electron chi connectivity index (χ0n) is 17.6. The number of hydrogen-bond acceptors (Lipinski definition) is 1. The molecule has 0 unspecified atom stereocenters. The zero-order valence-corrected chi connectivity index (χ0v) is 17.6. The van der Waals surface area contributed by atoms with Crippen LogP contribution in [0.5, 0.6) is 0 Å². The first-order chi connectivity index (χ1) is 10.2. The average molecular weight is 316 g/mol. The van der Waals surface area contributed by atoms with Gasteiger partial charge in [0.05, 0.1) is 0 Å². The Kier molecular flexibility index (Phi) is 25.6. The molecule has 0 saturated heterocycles. The first-order valence-corrected chi connectivity index (χ1v) is 9.89. The third-order valence-electron chi connectivity index (χ3n) is 2.74. The molecule has 1 heteroatoms. The molecule has 0 aliphatic heterocycles. The SMILES string of the molecule is CC(C)(C)C.CCCCCCCC(C)C.CCCNCCC. The van der Waals surface area contributed by atoms with Crippen molar-refractivity contribution in [1.29, 1.82) is 0 Å². The number of hydrogen-bond donors (Lipinski definition) is 1. The molecule has 0 rings (SSSR count). The molecular weight excluding hydrogens is 266 g/mol. The van der Waals surface area contributed by atoms with Crippen LogP contribution >= 0.6 is 0 Å². The fraction of sp³-hybridized carbons (Fsp3) is 1.00. The predicted molar refractivity (Wildman–Crippen MR) is 107 cm³/mol. The smallest absolute Gasteiger partial charge is 0.00516 e. The minimum atomic E-state index is 0.500. The van der Waals surface area contributed by atoms with E-state index in [9.17, 15) is 0 Å². The molecule has 0 aliphatic rings. The molecule has 22 heavy (non-hydrogen) atoms. The summed E-state index contributed by atoms with van der Waals surface area (Å²) < 4.78 is 0. The number of nitrogens with one attached hydrogen (secondary N) is 1. The predicted octanol–water partition coefficient (Wildman–Crippen LogP) is 7.45. The summed E-state index contributed by atoms with van der Waals surface area (Å²) in [7, 11) is 0. The van der Waals surface area contributed by atoms with Crippen molar-refractivity contribution in [2.45, 2.75) is 114 Å². The minimum absolute atomic E-state index is 0.500. The largest absolute Gasteiger partial charge is 0.317 e. The van der Waals surface area contributed by atoms with E-state index in [4.69, 9.17) is 0 Å². The normalized spacial score (nSPS) is 10.6. The molecule has 0 amide bonds. The van der Waals surface area contributed by atoms with Crippen LogP contribution in [0.15, 0.2) is 0 Å². The Morgan fingerprint density at radius 3 is 1.41 bits per heavy atom. The maximum Gasteiger partial charge on any atom is -0.00516 e. The van der Waals surface area contributed by atoms with Gasteiger partial charge in [0, 0.05) is 0 Å². The standard InChI is InChI=1S/C10H22.C6H15N.C5H12/c1-4-5-6-7-8-9-10(2)3;1-3-5-7-6-4-2;1-5(2,3)4/h10H,4-9H2,1-3H3;7H,3-6H2,1-2H3;1-4H3. The fourth-order valence-electron chi connectivity index (χ4n) is 1.63. The number of unbranched alkanes of at least 4 members (excludes halogenated alkanes) is 4. The highest BCUT2D eigenvalue weighted by Gasteiger charge is 1.95. The van der Waals surface area contributed by atoms with Crippen molar-refractivity contribution in [3.63, 3.8) is 0 Å². The van der Waals surface area contributed by atoms with Gasteiger partial charge in [-0.15, -0.1) is 0 Å². The van der Waals surface area contributed by atoms with E-state index in [0.717, 1.165) is 5.92 Å². The van der Waals surface area contributed by atoms with Crippen LogP contribution in [0.25, 0.3) is 0 Å². The lowest BCUT2D eigenvalue weighted by Crippen LogP contribution is -2.14. The van der Waals surface area contributed by atoms with Gasteiger partial charge in [-0.05, 0) is 37.3 Å². The first kappa shape index (κ1) is 26.8. The van der Waals surface area contributed by atoms with Gasteiger partial charge in [-0.2, -0.15) is 0 Å². The minimum Gasteiger partial charge on any atom is -0.317 e. The molecule has 0 spiro atoms. The molecule has 0 aromatic carbocycles. The van der Waals surface area contributed by atoms with E-state index in [1.165, 1.54) is 64.5 Å². The van der Waals surface area contributed by atoms with Crippen molar-refractivity contribution in [3.8, 4) is 0 Å². The van der Waals surface area contributed by atoms with Crippen LogP contribution in [0.2, 0.25) is 0 Å². The van der Waals surface area contributed by atoms with Gasteiger partial charge in [0.2, 0.25) is 0 Å². The van der Waals surface area contributed by atoms with E-state index in [-0.39, 0.29) is 0 Å². The van der Waals surface area contributed by atoms with E-state index in [1.54, 1.807) is 0 Å². The molecule has 0 atom stereocenters. The Labute approximate surface area is 144 Å². The molecule has 0 aromatic heterocycles. The summed E-state index contributed by atoms with van der Waals surface area (Å²) in [6.45, 7) is 22.3. The quantitative estimate of drug-likeness (QED) is 0.413. The van der Waals surface area contributed by atoms with Gasteiger partial charge < -0.3 is 5.32 Å². The van der Waals surface area contributed by atoms with E-state index in [2.05, 4.69) is 67.6 Å². The van der Waals surface area contributed by atoms with Crippen molar-refractivity contribution in [2.75, 3.05) is 13.1 Å². The van der Waals surface area contributed by atoms with Crippen LogP contribution in [0.3, 0.4) is 0 Å². The summed E-state index contributed by atoms with van der Waals surface area (Å²) in [5.74, 6) is 0.904. The second kappa shape index (κ2) is 21.0. The molecule has 0 fully saturated rings. The van der Waals surface area contributed by atoms with Crippen molar-refractivity contribution in [3.05, 3.63) is 0 Å². The van der Waals surface area contributed by atoms with Crippen LogP contribution in [0, 0.1) is 11.3 Å². The van der Waals surface area contributed by atoms with Crippen LogP contribution in [-0.4, -0.2) is 13.1 Å². The summed E-state index contributed by atoms with van der Waals surface area (Å²) in [5.41, 5.74) is 0.500. The van der Waals surface area contributed by atoms with Gasteiger partial charge in [0.1, 0.15) is 0 Å². The Hall–Kier alpha value is -0.0400. The van der Waals surface area contributed by atoms with Crippen LogP contribution < -0.4 is 5.32 Å². The molecule has 0 bridgehead atoms. The third-order valence-corrected chi connectivity index (χ3v) is 2.74. The van der Waals surface area contributed by atoms with Gasteiger partial charge in [-0.1, -0.05) is 101 Å². The summed E-state index contributed by atoms with van der Waals surface area (Å²) in [6.07, 6.45) is 11.1. The molecule has 0 aromatic rings. The number of rotatable bonds is 10. The maximum atomic E-state index is 3.28. The third kappa shape index (κ3) is 59.7. The van der Waals surface area contributed by atoms with E-state index < -0.39 is 0 Å². The monoisotopic (exact) mass is 315 g/mol. The lowest BCUT2D eigenvalue weighted by Gasteiger charge is -2.05. The summed E-state index contributed by atoms with van der Waals surface area (Å²) in [4.78, 5) is 0. The molecule has 0 heterocycles. The lowest BCUT2D eigenvalue weighted by atomic mass is 10.0. The van der Waals surface area contributed by atoms with Crippen LogP contribution in [-0.2, 0) is 0 Å². The van der Waals surface area contributed by atoms with Crippen molar-refractivity contribution < 1.29 is 0 Å². The Balaban J connectivity index is -0.000000263. The maximum absolute atomic E-state index is 3.28. The van der Waals surface area contributed by atoms with E-state index in [0.29, 0.717) is 5.41 Å².